The molecule has 21 nitrogen and oxygen atoms in total. The van der Waals surface area contributed by atoms with Gasteiger partial charge in [0.15, 0.2) is 35.0 Å². The fourth-order valence-electron chi connectivity index (χ4n) is 5.85. The Labute approximate surface area is 250 Å². The summed E-state index contributed by atoms with van der Waals surface area (Å²) in [7, 11) is -9.71. The summed E-state index contributed by atoms with van der Waals surface area (Å²) in [5.41, 5.74) is 11.0. The molecule has 45 heavy (non-hydrogen) atoms. The number of nitrogens with two attached hydrogens (primary N) is 2. The number of anilines is 2. The number of fused-ring (bicyclic) bond motifs is 4. The number of imidazole rings is 2. The maximum absolute atomic E-state index is 15.9. The van der Waals surface area contributed by atoms with Crippen LogP contribution < -0.4 is 21.7 Å². The minimum absolute atomic E-state index is 0.00372. The van der Waals surface area contributed by atoms with Crippen LogP contribution >= 0.6 is 7.82 Å². The van der Waals surface area contributed by atoms with E-state index >= 15 is 4.39 Å². The topological polar surface area (TPSA) is 300 Å². The van der Waals surface area contributed by atoms with Crippen LogP contribution in [0.25, 0.3) is 22.3 Å². The minimum atomic E-state index is -5.04. The molecule has 0 aromatic carbocycles. The van der Waals surface area contributed by atoms with Gasteiger partial charge in [-0.3, -0.25) is 27.6 Å². The highest BCUT2D eigenvalue weighted by Crippen LogP contribution is 2.51. The number of ether oxygens (including phenoxy) is 1. The Hall–Kier alpha value is -3.67. The van der Waals surface area contributed by atoms with Crippen molar-refractivity contribution in [1.29, 1.82) is 0 Å². The largest absolute Gasteiger partial charge is 0.472 e. The highest BCUT2D eigenvalue weighted by molar-refractivity contribution is 7.84. The van der Waals surface area contributed by atoms with Gasteiger partial charge in [-0.1, -0.05) is 0 Å². The van der Waals surface area contributed by atoms with Gasteiger partial charge in [0, 0.05) is 12.5 Å². The third-order valence-corrected chi connectivity index (χ3v) is 9.86. The van der Waals surface area contributed by atoms with Crippen molar-refractivity contribution in [2.45, 2.75) is 49.3 Å². The van der Waals surface area contributed by atoms with E-state index in [0.717, 1.165) is 10.9 Å². The Kier molecular flexibility index (Phi) is 7.14. The summed E-state index contributed by atoms with van der Waals surface area (Å²) in [6.07, 6.45) is -6.65. The van der Waals surface area contributed by atoms with Gasteiger partial charge >= 0.3 is 18.1 Å². The maximum atomic E-state index is 15.9. The molecule has 1 saturated carbocycles. The highest BCUT2D eigenvalue weighted by atomic mass is 32.2. The number of nitrogens with one attached hydrogen (secondary N) is 2. The van der Waals surface area contributed by atoms with Gasteiger partial charge in [-0.15, -0.1) is 0 Å². The monoisotopic (exact) mass is 673 g/mol. The molecule has 0 spiro atoms. The summed E-state index contributed by atoms with van der Waals surface area (Å²) in [5, 5.41) is 11.2. The fraction of sp³-hybridized carbons (Fsp3) is 0.524. The van der Waals surface area contributed by atoms with Gasteiger partial charge in [-0.05, 0) is 6.42 Å². The van der Waals surface area contributed by atoms with Crippen molar-refractivity contribution >= 4 is 52.2 Å². The molecule has 2 aliphatic heterocycles. The zero-order valence-electron chi connectivity index (χ0n) is 22.7. The number of aliphatic hydroxyl groups is 1. The van der Waals surface area contributed by atoms with Gasteiger partial charge in [0.1, 0.15) is 36.3 Å². The van der Waals surface area contributed by atoms with Crippen molar-refractivity contribution in [3.8, 4) is 0 Å². The molecule has 4 aromatic heterocycles. The van der Waals surface area contributed by atoms with Crippen LogP contribution in [0.2, 0.25) is 0 Å². The minimum Gasteiger partial charge on any atom is -0.388 e. The molecule has 6 heterocycles. The van der Waals surface area contributed by atoms with E-state index in [9.17, 15) is 27.8 Å². The van der Waals surface area contributed by atoms with E-state index in [2.05, 4.69) is 34.6 Å². The molecule has 1 aliphatic carbocycles. The van der Waals surface area contributed by atoms with Crippen molar-refractivity contribution in [3.05, 3.63) is 29.3 Å². The lowest BCUT2D eigenvalue weighted by Gasteiger charge is -2.27. The van der Waals surface area contributed by atoms with E-state index in [1.807, 2.05) is 0 Å². The molecule has 8 N–H and O–H groups in total. The fourth-order valence-corrected chi connectivity index (χ4v) is 7.85. The van der Waals surface area contributed by atoms with Crippen LogP contribution in [0, 0.1) is 5.92 Å². The third-order valence-electron chi connectivity index (χ3n) is 7.88. The Bertz CT molecular complexity index is 2010. The molecule has 0 bridgehead atoms. The lowest BCUT2D eigenvalue weighted by Crippen LogP contribution is -2.44. The average Bonchev–Trinajstić information content (AvgIpc) is 3.72. The maximum Gasteiger partial charge on any atom is 0.472 e. The average molecular weight is 674 g/mol. The van der Waals surface area contributed by atoms with Crippen LogP contribution in [-0.2, 0) is 32.8 Å². The number of hydrogen-bond donors (Lipinski definition) is 6. The van der Waals surface area contributed by atoms with E-state index in [1.165, 1.54) is 17.2 Å². The summed E-state index contributed by atoms with van der Waals surface area (Å²) < 4.78 is 81.2. The molecule has 1 unspecified atom stereocenters. The first-order valence-corrected chi connectivity index (χ1v) is 16.2. The Morgan fingerprint density at radius 1 is 1.09 bits per heavy atom. The van der Waals surface area contributed by atoms with Crippen molar-refractivity contribution in [2.75, 3.05) is 24.6 Å². The van der Waals surface area contributed by atoms with E-state index in [0.29, 0.717) is 0 Å². The second-order valence-electron chi connectivity index (χ2n) is 10.6. The van der Waals surface area contributed by atoms with E-state index in [-0.39, 0.29) is 40.5 Å². The molecule has 0 radical (unpaired) electrons. The van der Waals surface area contributed by atoms with Gasteiger partial charge in [0.05, 0.1) is 25.3 Å². The highest BCUT2D eigenvalue weighted by Gasteiger charge is 2.53. The molecular weight excluding hydrogens is 648 g/mol. The van der Waals surface area contributed by atoms with Crippen LogP contribution in [0.3, 0.4) is 0 Å². The van der Waals surface area contributed by atoms with Crippen molar-refractivity contribution < 1.29 is 45.3 Å². The van der Waals surface area contributed by atoms with Gasteiger partial charge in [0.2, 0.25) is 5.95 Å². The van der Waals surface area contributed by atoms with Crippen LogP contribution in [0.15, 0.2) is 23.8 Å². The van der Waals surface area contributed by atoms with Crippen LogP contribution in [0.4, 0.5) is 16.2 Å². The number of aromatic nitrogens is 8. The van der Waals surface area contributed by atoms with Gasteiger partial charge < -0.3 is 30.8 Å². The molecular formula is C21H25FN11O10PS. The Morgan fingerprint density at radius 3 is 2.64 bits per heavy atom. The molecule has 4 aromatic rings. The number of phosphoric ester groups is 1. The number of hydrogen-bond acceptors (Lipinski definition) is 16. The number of rotatable bonds is 2. The number of alkyl halides is 1. The quantitative estimate of drug-likeness (QED) is 0.126. The lowest BCUT2D eigenvalue weighted by molar-refractivity contribution is -0.0240. The normalized spacial score (nSPS) is 35.5. The smallest absolute Gasteiger partial charge is 0.388 e. The standard InChI is InChI=1S/C21H25FN11O10PS/c22-10-15-9(41-20(10)33-6-27-11-16(23)25-4-26-17(11)33)2-29-45(38,39)43-14-7(3-40-44(36,37)42-15)1-8(13(14)34)32-5-28-12-18(32)30-21(24)31-19(12)35/h4-10,13-15,20,29,34H,1-3H2,(H,36,37)(H2,23,25,26)(H3,24,30,31,35)/t7-,8-,9-,10-,13+,14-,15-,20-/m1/s1. The first-order valence-electron chi connectivity index (χ1n) is 13.3. The van der Waals surface area contributed by atoms with Gasteiger partial charge in [-0.25, -0.2) is 28.9 Å². The summed E-state index contributed by atoms with van der Waals surface area (Å²) in [6, 6.07) is -0.983. The van der Waals surface area contributed by atoms with Crippen LogP contribution in [0.1, 0.15) is 18.7 Å². The third kappa shape index (κ3) is 5.24. The lowest BCUT2D eigenvalue weighted by atomic mass is 10.1. The van der Waals surface area contributed by atoms with Gasteiger partial charge in [0.25, 0.3) is 5.56 Å². The Morgan fingerprint density at radius 2 is 1.84 bits per heavy atom. The first-order chi connectivity index (χ1) is 21.3. The summed E-state index contributed by atoms with van der Waals surface area (Å²) >= 11 is 0. The molecule has 9 atom stereocenters. The van der Waals surface area contributed by atoms with Gasteiger partial charge in [-0.2, -0.15) is 18.1 Å². The van der Waals surface area contributed by atoms with Crippen LogP contribution in [-0.4, -0.2) is 101 Å². The number of nitrogens with zero attached hydrogens (tertiary/aromatic N) is 7. The van der Waals surface area contributed by atoms with Crippen molar-refractivity contribution in [1.82, 2.24) is 43.8 Å². The number of aromatic amines is 1. The second kappa shape index (κ2) is 10.7. The SMILES string of the molecule is Nc1nc2c(ncn2[C@@H]2C[C@@H]3COP(=O)(O)O[C@H]4[C@@H](F)[C@H](n5cnc6c(N)ncnc65)O[C@@H]4CNS(=O)(=O)O[C@H]3[C@H]2O)c(=O)[nH]1. The summed E-state index contributed by atoms with van der Waals surface area (Å²) in [4.78, 5) is 45.1. The van der Waals surface area contributed by atoms with E-state index < -0.39 is 85.6 Å². The zero-order valence-corrected chi connectivity index (χ0v) is 24.4. The molecule has 0 amide bonds. The van der Waals surface area contributed by atoms with Crippen LogP contribution in [0.5, 0.6) is 0 Å². The Balaban J connectivity index is 1.17. The number of aliphatic hydroxyl groups excluding tert-OH is 1. The predicted octanol–water partition coefficient (Wildman–Crippen LogP) is -1.98. The van der Waals surface area contributed by atoms with E-state index in [4.69, 9.17) is 29.4 Å². The molecule has 3 fully saturated rings. The predicted molar refractivity (Wildman–Crippen MR) is 147 cm³/mol. The summed E-state index contributed by atoms with van der Waals surface area (Å²) in [6.45, 7) is -1.34. The number of halogens is 1. The summed E-state index contributed by atoms with van der Waals surface area (Å²) in [5.74, 6) is -1.25. The molecule has 7 rings (SSSR count). The second-order valence-corrected chi connectivity index (χ2v) is 13.4. The molecule has 242 valence electrons. The molecule has 3 aliphatic rings. The first kappa shape index (κ1) is 30.0. The van der Waals surface area contributed by atoms with Crippen molar-refractivity contribution in [2.24, 2.45) is 5.92 Å². The molecule has 2 saturated heterocycles. The number of phosphoric acid groups is 1. The zero-order chi connectivity index (χ0) is 31.8. The number of nitrogen functional groups attached to an aromatic ring is 2. The van der Waals surface area contributed by atoms with E-state index in [1.54, 1.807) is 0 Å². The molecule has 24 heteroatoms. The van der Waals surface area contributed by atoms with Crippen molar-refractivity contribution in [3.63, 3.8) is 0 Å². The number of H-pyrrole nitrogens is 1.